The molecule has 1 fully saturated rings. The highest BCUT2D eigenvalue weighted by Gasteiger charge is 2.28. The number of hydrogen-bond acceptors (Lipinski definition) is 4. The Morgan fingerprint density at radius 3 is 2.85 bits per heavy atom. The number of carboxylic acids is 1. The van der Waals surface area contributed by atoms with Gasteiger partial charge in [0.1, 0.15) is 5.82 Å². The van der Waals surface area contributed by atoms with Crippen LogP contribution < -0.4 is 0 Å². The second-order valence-corrected chi connectivity index (χ2v) is 6.93. The van der Waals surface area contributed by atoms with E-state index in [0.717, 1.165) is 12.8 Å². The molecule has 1 aromatic carbocycles. The fourth-order valence-corrected chi connectivity index (χ4v) is 3.48. The molecule has 1 amide bonds. The summed E-state index contributed by atoms with van der Waals surface area (Å²) in [5, 5.41) is 23.2. The summed E-state index contributed by atoms with van der Waals surface area (Å²) in [6, 6.07) is 4.18. The fraction of sp³-hybridized carbons (Fsp3) is 0.421. The van der Waals surface area contributed by atoms with Crippen molar-refractivity contribution in [3.05, 3.63) is 41.5 Å². The summed E-state index contributed by atoms with van der Waals surface area (Å²) < 4.78 is 14.7. The number of halogens is 1. The number of aliphatic carboxylic acids is 1. The van der Waals surface area contributed by atoms with Gasteiger partial charge in [-0.15, -0.1) is 0 Å². The number of piperidine rings is 1. The Kier molecular flexibility index (Phi) is 5.43. The lowest BCUT2D eigenvalue weighted by atomic mass is 9.93. The van der Waals surface area contributed by atoms with Crippen molar-refractivity contribution >= 4 is 11.9 Å². The van der Waals surface area contributed by atoms with E-state index in [4.69, 9.17) is 5.11 Å². The standard InChI is InChI=1S/C19H22FN3O4/c1-12-9-14(20)5-6-15(12)23-11-16(24)18(21-23)19(27)22-8-2-3-13(10-22)4-7-17(25)26/h5-6,9,11,13,24H,2-4,7-8,10H2,1H3,(H,25,26). The van der Waals surface area contributed by atoms with Gasteiger partial charge in [0.25, 0.3) is 5.91 Å². The van der Waals surface area contributed by atoms with Crippen LogP contribution in [-0.4, -0.2) is 49.9 Å². The van der Waals surface area contributed by atoms with Crippen molar-refractivity contribution < 1.29 is 24.2 Å². The van der Waals surface area contributed by atoms with Crippen LogP contribution in [0.2, 0.25) is 0 Å². The average Bonchev–Trinajstić information content (AvgIpc) is 3.01. The van der Waals surface area contributed by atoms with Crippen molar-refractivity contribution in [2.75, 3.05) is 13.1 Å². The molecule has 144 valence electrons. The quantitative estimate of drug-likeness (QED) is 0.838. The molecule has 1 saturated heterocycles. The van der Waals surface area contributed by atoms with Crippen LogP contribution in [0.3, 0.4) is 0 Å². The van der Waals surface area contributed by atoms with E-state index in [1.165, 1.54) is 29.1 Å². The minimum absolute atomic E-state index is 0.0578. The van der Waals surface area contributed by atoms with E-state index in [1.807, 2.05) is 0 Å². The number of amides is 1. The molecule has 0 radical (unpaired) electrons. The van der Waals surface area contributed by atoms with Crippen molar-refractivity contribution in [3.63, 3.8) is 0 Å². The summed E-state index contributed by atoms with van der Waals surface area (Å²) in [6.45, 7) is 2.72. The van der Waals surface area contributed by atoms with Crippen LogP contribution in [0.25, 0.3) is 5.69 Å². The molecule has 2 heterocycles. The third kappa shape index (κ3) is 4.27. The van der Waals surface area contributed by atoms with Gasteiger partial charge >= 0.3 is 5.97 Å². The molecule has 0 aliphatic carbocycles. The lowest BCUT2D eigenvalue weighted by molar-refractivity contribution is -0.137. The van der Waals surface area contributed by atoms with Gasteiger partial charge in [0, 0.05) is 19.5 Å². The predicted molar refractivity (Wildman–Crippen MR) is 95.4 cm³/mol. The number of likely N-dealkylation sites (tertiary alicyclic amines) is 1. The highest BCUT2D eigenvalue weighted by Crippen LogP contribution is 2.26. The molecular weight excluding hydrogens is 353 g/mol. The highest BCUT2D eigenvalue weighted by atomic mass is 19.1. The Hall–Kier alpha value is -2.90. The zero-order chi connectivity index (χ0) is 19.6. The molecule has 0 bridgehead atoms. The Bertz CT molecular complexity index is 865. The Morgan fingerprint density at radius 1 is 1.37 bits per heavy atom. The number of aromatic nitrogens is 2. The smallest absolute Gasteiger partial charge is 0.303 e. The van der Waals surface area contributed by atoms with Crippen LogP contribution >= 0.6 is 0 Å². The lowest BCUT2D eigenvalue weighted by Crippen LogP contribution is -2.40. The topological polar surface area (TPSA) is 95.7 Å². The number of carboxylic acid groups (broad SMARTS) is 1. The monoisotopic (exact) mass is 375 g/mol. The number of carbonyl (C=O) groups is 2. The maximum Gasteiger partial charge on any atom is 0.303 e. The predicted octanol–water partition coefficient (Wildman–Crippen LogP) is 2.74. The first-order valence-corrected chi connectivity index (χ1v) is 8.91. The Labute approximate surface area is 156 Å². The molecule has 0 saturated carbocycles. The Morgan fingerprint density at radius 2 is 2.15 bits per heavy atom. The van der Waals surface area contributed by atoms with Gasteiger partial charge in [-0.2, -0.15) is 5.10 Å². The maximum atomic E-state index is 13.3. The average molecular weight is 375 g/mol. The molecule has 0 spiro atoms. The van der Waals surface area contributed by atoms with Crippen molar-refractivity contribution in [2.24, 2.45) is 5.92 Å². The van der Waals surface area contributed by atoms with Gasteiger partial charge in [-0.05, 0) is 55.9 Å². The molecule has 1 aliphatic heterocycles. The summed E-state index contributed by atoms with van der Waals surface area (Å²) in [5.74, 6) is -1.71. The van der Waals surface area contributed by atoms with Crippen LogP contribution in [0.1, 0.15) is 41.7 Å². The zero-order valence-corrected chi connectivity index (χ0v) is 15.1. The summed E-state index contributed by atoms with van der Waals surface area (Å²) in [5.41, 5.74) is 1.14. The second-order valence-electron chi connectivity index (χ2n) is 6.93. The first-order valence-electron chi connectivity index (χ1n) is 8.91. The maximum absolute atomic E-state index is 13.3. The third-order valence-corrected chi connectivity index (χ3v) is 4.88. The van der Waals surface area contributed by atoms with Gasteiger partial charge in [-0.1, -0.05) is 0 Å². The van der Waals surface area contributed by atoms with E-state index in [9.17, 15) is 19.1 Å². The molecule has 8 heteroatoms. The zero-order valence-electron chi connectivity index (χ0n) is 15.1. The number of hydrogen-bond donors (Lipinski definition) is 2. The van der Waals surface area contributed by atoms with E-state index < -0.39 is 5.97 Å². The molecule has 1 atom stereocenters. The van der Waals surface area contributed by atoms with Crippen molar-refractivity contribution in [2.45, 2.75) is 32.6 Å². The SMILES string of the molecule is Cc1cc(F)ccc1-n1cc(O)c(C(=O)N2CCCC(CCC(=O)O)C2)n1. The van der Waals surface area contributed by atoms with Gasteiger partial charge in [0.2, 0.25) is 0 Å². The van der Waals surface area contributed by atoms with Gasteiger partial charge in [0.05, 0.1) is 11.9 Å². The van der Waals surface area contributed by atoms with Crippen molar-refractivity contribution in [1.82, 2.24) is 14.7 Å². The number of aromatic hydroxyl groups is 1. The van der Waals surface area contributed by atoms with Crippen molar-refractivity contribution in [3.8, 4) is 11.4 Å². The number of benzene rings is 1. The van der Waals surface area contributed by atoms with Gasteiger partial charge < -0.3 is 15.1 Å². The summed E-state index contributed by atoms with van der Waals surface area (Å²) in [6.07, 6.45) is 3.60. The number of rotatable bonds is 5. The minimum Gasteiger partial charge on any atom is -0.504 e. The molecule has 1 aliphatic rings. The highest BCUT2D eigenvalue weighted by molar-refractivity contribution is 5.95. The first-order chi connectivity index (χ1) is 12.8. The minimum atomic E-state index is -0.843. The van der Waals surface area contributed by atoms with Crippen LogP contribution in [0.4, 0.5) is 4.39 Å². The largest absolute Gasteiger partial charge is 0.504 e. The van der Waals surface area contributed by atoms with Crippen molar-refractivity contribution in [1.29, 1.82) is 0 Å². The van der Waals surface area contributed by atoms with Crippen LogP contribution in [0.5, 0.6) is 5.75 Å². The van der Waals surface area contributed by atoms with Gasteiger partial charge in [-0.25, -0.2) is 9.07 Å². The molecule has 1 unspecified atom stereocenters. The summed E-state index contributed by atoms with van der Waals surface area (Å²) in [4.78, 5) is 25.2. The van der Waals surface area contributed by atoms with E-state index >= 15 is 0 Å². The third-order valence-electron chi connectivity index (χ3n) is 4.88. The Balaban J connectivity index is 1.77. The fourth-order valence-electron chi connectivity index (χ4n) is 3.48. The molecular formula is C19H22FN3O4. The number of aryl methyl sites for hydroxylation is 1. The molecule has 1 aromatic heterocycles. The summed E-state index contributed by atoms with van der Waals surface area (Å²) >= 11 is 0. The summed E-state index contributed by atoms with van der Waals surface area (Å²) in [7, 11) is 0. The van der Waals surface area contributed by atoms with Crippen LogP contribution in [-0.2, 0) is 4.79 Å². The molecule has 7 nitrogen and oxygen atoms in total. The normalized spacial score (nSPS) is 17.1. The van der Waals surface area contributed by atoms with Gasteiger partial charge in [-0.3, -0.25) is 9.59 Å². The van der Waals surface area contributed by atoms with Crippen LogP contribution in [0.15, 0.2) is 24.4 Å². The van der Waals surface area contributed by atoms with E-state index in [-0.39, 0.29) is 35.5 Å². The van der Waals surface area contributed by atoms with E-state index in [0.29, 0.717) is 30.8 Å². The number of carbonyl (C=O) groups excluding carboxylic acids is 1. The molecule has 2 N–H and O–H groups in total. The van der Waals surface area contributed by atoms with E-state index in [1.54, 1.807) is 11.8 Å². The molecule has 2 aromatic rings. The molecule has 27 heavy (non-hydrogen) atoms. The first kappa shape index (κ1) is 18.9. The second kappa shape index (κ2) is 7.77. The number of nitrogens with zero attached hydrogens (tertiary/aromatic N) is 3. The lowest BCUT2D eigenvalue weighted by Gasteiger charge is -2.32. The van der Waals surface area contributed by atoms with Crippen LogP contribution in [0, 0.1) is 18.7 Å². The molecule has 3 rings (SSSR count). The van der Waals surface area contributed by atoms with Gasteiger partial charge in [0.15, 0.2) is 11.4 Å². The van der Waals surface area contributed by atoms with E-state index in [2.05, 4.69) is 5.10 Å².